The van der Waals surface area contributed by atoms with Crippen molar-refractivity contribution in [3.05, 3.63) is 33.8 Å². The van der Waals surface area contributed by atoms with E-state index in [0.29, 0.717) is 16.1 Å². The first-order valence-corrected chi connectivity index (χ1v) is 7.77. The van der Waals surface area contributed by atoms with Crippen molar-refractivity contribution in [3.8, 4) is 0 Å². The highest BCUT2D eigenvalue weighted by atomic mass is 35.5. The predicted octanol–water partition coefficient (Wildman–Crippen LogP) is 4.99. The van der Waals surface area contributed by atoms with E-state index < -0.39 is 0 Å². The van der Waals surface area contributed by atoms with E-state index in [1.54, 1.807) is 0 Å². The summed E-state index contributed by atoms with van der Waals surface area (Å²) in [5.74, 6) is 0. The first-order valence-electron chi connectivity index (χ1n) is 7.02. The van der Waals surface area contributed by atoms with Crippen molar-refractivity contribution in [2.24, 2.45) is 0 Å². The molecule has 2 nitrogen and oxygen atoms in total. The van der Waals surface area contributed by atoms with Gasteiger partial charge in [0.15, 0.2) is 0 Å². The fourth-order valence-corrected chi connectivity index (χ4v) is 3.31. The molecule has 112 valence electrons. The van der Waals surface area contributed by atoms with Crippen LogP contribution in [-0.2, 0) is 4.74 Å². The third kappa shape index (κ3) is 3.48. The van der Waals surface area contributed by atoms with Gasteiger partial charge in [-0.2, -0.15) is 0 Å². The van der Waals surface area contributed by atoms with E-state index >= 15 is 0 Å². The van der Waals surface area contributed by atoms with Gasteiger partial charge in [0, 0.05) is 12.1 Å². The third-order valence-electron chi connectivity index (χ3n) is 3.97. The van der Waals surface area contributed by atoms with E-state index in [1.165, 1.54) is 0 Å². The molecular weight excluding hydrogens is 293 g/mol. The molecule has 1 N–H and O–H groups in total. The molecule has 0 saturated carbocycles. The summed E-state index contributed by atoms with van der Waals surface area (Å²) >= 11 is 12.1. The Hall–Kier alpha value is -0.280. The molecule has 1 heterocycles. The lowest BCUT2D eigenvalue weighted by Crippen LogP contribution is -2.44. The fourth-order valence-electron chi connectivity index (χ4n) is 3.00. The van der Waals surface area contributed by atoms with E-state index in [-0.39, 0.29) is 17.2 Å². The summed E-state index contributed by atoms with van der Waals surface area (Å²) in [6.45, 7) is 10.7. The van der Waals surface area contributed by atoms with Crippen LogP contribution >= 0.6 is 23.2 Å². The largest absolute Gasteiger partial charge is 0.368 e. The zero-order valence-corrected chi connectivity index (χ0v) is 14.3. The Kier molecular flexibility index (Phi) is 4.42. The second kappa shape index (κ2) is 5.49. The lowest BCUT2D eigenvalue weighted by Gasteiger charge is -2.30. The molecule has 2 unspecified atom stereocenters. The highest BCUT2D eigenvalue weighted by Crippen LogP contribution is 2.38. The maximum Gasteiger partial charge on any atom is 0.0787 e. The van der Waals surface area contributed by atoms with Gasteiger partial charge in [-0.25, -0.2) is 0 Å². The van der Waals surface area contributed by atoms with Gasteiger partial charge in [0.05, 0.1) is 21.2 Å². The normalized spacial score (nSPS) is 25.6. The Balaban J connectivity index is 2.11. The molecule has 1 saturated heterocycles. The molecule has 0 aliphatic carbocycles. The zero-order valence-electron chi connectivity index (χ0n) is 12.8. The van der Waals surface area contributed by atoms with Crippen LogP contribution in [0.2, 0.25) is 10.0 Å². The van der Waals surface area contributed by atoms with E-state index in [2.05, 4.69) is 39.9 Å². The maximum atomic E-state index is 6.12. The Morgan fingerprint density at radius 2 is 1.85 bits per heavy atom. The minimum atomic E-state index is -0.173. The summed E-state index contributed by atoms with van der Waals surface area (Å²) < 4.78 is 6.12. The predicted molar refractivity (Wildman–Crippen MR) is 85.7 cm³/mol. The molecule has 0 amide bonds. The molecule has 1 fully saturated rings. The van der Waals surface area contributed by atoms with Gasteiger partial charge in [0.2, 0.25) is 0 Å². The van der Waals surface area contributed by atoms with E-state index in [1.807, 2.05) is 18.2 Å². The van der Waals surface area contributed by atoms with Crippen molar-refractivity contribution in [1.29, 1.82) is 0 Å². The SMILES string of the molecule is CC(NC1CC(C)(C)OC1(C)C)c1ccc(Cl)c(Cl)c1. The number of nitrogens with one attached hydrogen (secondary N) is 1. The Morgan fingerprint density at radius 3 is 2.35 bits per heavy atom. The molecule has 2 rings (SSSR count). The van der Waals surface area contributed by atoms with Crippen LogP contribution in [0.25, 0.3) is 0 Å². The van der Waals surface area contributed by atoms with Crippen LogP contribution in [-0.4, -0.2) is 17.2 Å². The minimum absolute atomic E-state index is 0.0848. The van der Waals surface area contributed by atoms with Gasteiger partial charge in [-0.15, -0.1) is 0 Å². The van der Waals surface area contributed by atoms with Crippen LogP contribution in [0.3, 0.4) is 0 Å². The number of ether oxygens (including phenoxy) is 1. The summed E-state index contributed by atoms with van der Waals surface area (Å²) in [7, 11) is 0. The quantitative estimate of drug-likeness (QED) is 0.848. The number of halogens is 2. The molecule has 0 aromatic heterocycles. The maximum absolute atomic E-state index is 6.12. The van der Waals surface area contributed by atoms with E-state index in [0.717, 1.165) is 12.0 Å². The molecule has 0 bridgehead atoms. The summed E-state index contributed by atoms with van der Waals surface area (Å²) in [5, 5.41) is 4.85. The van der Waals surface area contributed by atoms with E-state index in [4.69, 9.17) is 27.9 Å². The molecule has 20 heavy (non-hydrogen) atoms. The van der Waals surface area contributed by atoms with Crippen LogP contribution < -0.4 is 5.32 Å². The lowest BCUT2D eigenvalue weighted by molar-refractivity contribution is -0.0703. The second-order valence-corrected chi connectivity index (χ2v) is 7.60. The fraction of sp³-hybridized carbons (Fsp3) is 0.625. The third-order valence-corrected chi connectivity index (χ3v) is 4.71. The first-order chi connectivity index (χ1) is 9.11. The number of benzene rings is 1. The molecule has 1 aliphatic rings. The van der Waals surface area contributed by atoms with Crippen molar-refractivity contribution in [2.45, 2.75) is 64.3 Å². The Bertz CT molecular complexity index is 499. The van der Waals surface area contributed by atoms with Crippen LogP contribution in [0, 0.1) is 0 Å². The second-order valence-electron chi connectivity index (χ2n) is 6.78. The Labute approximate surface area is 131 Å². The van der Waals surface area contributed by atoms with Gasteiger partial charge in [0.25, 0.3) is 0 Å². The van der Waals surface area contributed by atoms with Crippen molar-refractivity contribution >= 4 is 23.2 Å². The molecule has 2 atom stereocenters. The zero-order chi connectivity index (χ0) is 15.1. The molecule has 0 spiro atoms. The van der Waals surface area contributed by atoms with Gasteiger partial charge in [-0.05, 0) is 58.7 Å². The monoisotopic (exact) mass is 315 g/mol. The van der Waals surface area contributed by atoms with Gasteiger partial charge in [0.1, 0.15) is 0 Å². The summed E-state index contributed by atoms with van der Waals surface area (Å²) in [5.41, 5.74) is 0.881. The van der Waals surface area contributed by atoms with Gasteiger partial charge >= 0.3 is 0 Å². The average molecular weight is 316 g/mol. The van der Waals surface area contributed by atoms with Crippen LogP contribution in [0.1, 0.15) is 52.6 Å². The lowest BCUT2D eigenvalue weighted by atomic mass is 9.93. The average Bonchev–Trinajstić information content (AvgIpc) is 2.50. The smallest absolute Gasteiger partial charge is 0.0787 e. The number of hydrogen-bond donors (Lipinski definition) is 1. The van der Waals surface area contributed by atoms with Gasteiger partial charge in [-0.1, -0.05) is 29.3 Å². The topological polar surface area (TPSA) is 21.3 Å². The molecule has 0 radical (unpaired) electrons. The van der Waals surface area contributed by atoms with Crippen LogP contribution in [0.4, 0.5) is 0 Å². The first kappa shape index (κ1) is 16.1. The molecule has 1 aromatic rings. The minimum Gasteiger partial charge on any atom is -0.368 e. The van der Waals surface area contributed by atoms with Gasteiger partial charge in [-0.3, -0.25) is 0 Å². The van der Waals surface area contributed by atoms with Crippen molar-refractivity contribution in [2.75, 3.05) is 0 Å². The van der Waals surface area contributed by atoms with Gasteiger partial charge < -0.3 is 10.1 Å². The van der Waals surface area contributed by atoms with E-state index in [9.17, 15) is 0 Å². The highest BCUT2D eigenvalue weighted by molar-refractivity contribution is 6.42. The molecule has 4 heteroatoms. The van der Waals surface area contributed by atoms with Crippen molar-refractivity contribution in [3.63, 3.8) is 0 Å². The number of rotatable bonds is 3. The summed E-state index contributed by atoms with van der Waals surface area (Å²) in [4.78, 5) is 0. The standard InChI is InChI=1S/C16H23Cl2NO/c1-10(11-6-7-12(17)13(18)8-11)19-14-9-15(2,3)20-16(14,4)5/h6-8,10,14,19H,9H2,1-5H3. The van der Waals surface area contributed by atoms with Crippen molar-refractivity contribution in [1.82, 2.24) is 5.32 Å². The van der Waals surface area contributed by atoms with Crippen LogP contribution in [0.5, 0.6) is 0 Å². The highest BCUT2D eigenvalue weighted by Gasteiger charge is 2.46. The van der Waals surface area contributed by atoms with Crippen molar-refractivity contribution < 1.29 is 4.74 Å². The molecule has 1 aromatic carbocycles. The molecule has 1 aliphatic heterocycles. The van der Waals surface area contributed by atoms with Crippen LogP contribution in [0.15, 0.2) is 18.2 Å². The molecular formula is C16H23Cl2NO. The summed E-state index contributed by atoms with van der Waals surface area (Å²) in [6, 6.07) is 6.29. The Morgan fingerprint density at radius 1 is 1.20 bits per heavy atom. The number of hydrogen-bond acceptors (Lipinski definition) is 2. The summed E-state index contributed by atoms with van der Waals surface area (Å²) in [6.07, 6.45) is 0.992.